The molecule has 1 rings (SSSR count). The van der Waals surface area contributed by atoms with E-state index in [1.54, 1.807) is 24.5 Å². The van der Waals surface area contributed by atoms with Gasteiger partial charge in [0.15, 0.2) is 6.61 Å². The van der Waals surface area contributed by atoms with E-state index >= 15 is 0 Å². The first-order chi connectivity index (χ1) is 7.76. The average Bonchev–Trinajstić information content (AvgIpc) is 2.34. The number of hydrogen-bond donors (Lipinski definition) is 1. The van der Waals surface area contributed by atoms with Crippen LogP contribution in [0.25, 0.3) is 0 Å². The van der Waals surface area contributed by atoms with Crippen LogP contribution in [0.5, 0.6) is 5.75 Å². The van der Waals surface area contributed by atoms with Gasteiger partial charge in [0.25, 0.3) is 5.91 Å². The molecule has 0 aromatic carbocycles. The molecule has 0 bridgehead atoms. The molecule has 88 valence electrons. The van der Waals surface area contributed by atoms with Crippen LogP contribution in [-0.4, -0.2) is 23.5 Å². The first-order valence-electron chi connectivity index (χ1n) is 5.58. The molecule has 0 aliphatic rings. The first-order valence-corrected chi connectivity index (χ1v) is 5.58. The van der Waals surface area contributed by atoms with Gasteiger partial charge in [0.05, 0.1) is 6.20 Å². The van der Waals surface area contributed by atoms with Crippen molar-refractivity contribution in [2.24, 2.45) is 0 Å². The predicted octanol–water partition coefficient (Wildman–Crippen LogP) is 1.77. The minimum absolute atomic E-state index is 0.0438. The highest BCUT2D eigenvalue weighted by Gasteiger charge is 2.08. The number of nitrogens with one attached hydrogen (secondary N) is 1. The molecule has 1 heterocycles. The molecule has 0 aliphatic heterocycles. The summed E-state index contributed by atoms with van der Waals surface area (Å²) in [5.74, 6) is 0.528. The van der Waals surface area contributed by atoms with Crippen LogP contribution in [0.2, 0.25) is 0 Å². The second kappa shape index (κ2) is 6.82. The number of aromatic nitrogens is 1. The standard InChI is InChI=1S/C12H18N2O2/c1-3-10(4-2)14-12(15)9-16-11-6-5-7-13-8-11/h5-8,10H,3-4,9H2,1-2H3,(H,14,15). The van der Waals surface area contributed by atoms with Gasteiger partial charge in [0.2, 0.25) is 0 Å². The lowest BCUT2D eigenvalue weighted by Crippen LogP contribution is -2.37. The zero-order chi connectivity index (χ0) is 11.8. The lowest BCUT2D eigenvalue weighted by atomic mass is 10.2. The van der Waals surface area contributed by atoms with Crippen molar-refractivity contribution in [2.45, 2.75) is 32.7 Å². The van der Waals surface area contributed by atoms with E-state index in [9.17, 15) is 4.79 Å². The summed E-state index contributed by atoms with van der Waals surface area (Å²) >= 11 is 0. The van der Waals surface area contributed by atoms with Crippen molar-refractivity contribution in [1.82, 2.24) is 10.3 Å². The number of hydrogen-bond acceptors (Lipinski definition) is 3. The summed E-state index contributed by atoms with van der Waals surface area (Å²) in [4.78, 5) is 15.4. The van der Waals surface area contributed by atoms with E-state index in [-0.39, 0.29) is 18.6 Å². The normalized spacial score (nSPS) is 10.2. The van der Waals surface area contributed by atoms with Gasteiger partial charge >= 0.3 is 0 Å². The van der Waals surface area contributed by atoms with Crippen molar-refractivity contribution >= 4 is 5.91 Å². The van der Waals surface area contributed by atoms with Crippen molar-refractivity contribution in [1.29, 1.82) is 0 Å². The molecule has 0 saturated heterocycles. The Balaban J connectivity index is 2.30. The van der Waals surface area contributed by atoms with Crippen molar-refractivity contribution < 1.29 is 9.53 Å². The van der Waals surface area contributed by atoms with E-state index < -0.39 is 0 Å². The molecule has 1 amide bonds. The Labute approximate surface area is 96.0 Å². The molecule has 1 aromatic rings. The largest absolute Gasteiger partial charge is 0.482 e. The van der Waals surface area contributed by atoms with Crippen LogP contribution in [0.1, 0.15) is 26.7 Å². The fourth-order valence-corrected chi connectivity index (χ4v) is 1.34. The van der Waals surface area contributed by atoms with E-state index in [1.807, 2.05) is 0 Å². The number of ether oxygens (including phenoxy) is 1. The smallest absolute Gasteiger partial charge is 0.258 e. The number of nitrogens with zero attached hydrogens (tertiary/aromatic N) is 1. The molecule has 0 unspecified atom stereocenters. The Morgan fingerprint density at radius 1 is 1.50 bits per heavy atom. The fraction of sp³-hybridized carbons (Fsp3) is 0.500. The third kappa shape index (κ3) is 4.29. The maximum Gasteiger partial charge on any atom is 0.258 e. The van der Waals surface area contributed by atoms with Gasteiger partial charge < -0.3 is 10.1 Å². The Morgan fingerprint density at radius 3 is 2.81 bits per heavy atom. The number of rotatable bonds is 6. The maximum atomic E-state index is 11.5. The van der Waals surface area contributed by atoms with Crippen LogP contribution in [0.3, 0.4) is 0 Å². The summed E-state index contributed by atoms with van der Waals surface area (Å²) < 4.78 is 5.28. The number of carbonyl (C=O) groups excluding carboxylic acids is 1. The lowest BCUT2D eigenvalue weighted by Gasteiger charge is -2.14. The highest BCUT2D eigenvalue weighted by Crippen LogP contribution is 2.05. The summed E-state index contributed by atoms with van der Waals surface area (Å²) in [6.45, 7) is 4.15. The Morgan fingerprint density at radius 2 is 2.25 bits per heavy atom. The Kier molecular flexibility index (Phi) is 5.32. The van der Waals surface area contributed by atoms with Gasteiger partial charge in [-0.15, -0.1) is 0 Å². The van der Waals surface area contributed by atoms with E-state index in [0.717, 1.165) is 12.8 Å². The zero-order valence-corrected chi connectivity index (χ0v) is 9.77. The molecule has 0 aliphatic carbocycles. The molecule has 0 spiro atoms. The van der Waals surface area contributed by atoms with Crippen LogP contribution >= 0.6 is 0 Å². The molecule has 0 atom stereocenters. The first kappa shape index (κ1) is 12.5. The molecule has 0 fully saturated rings. The maximum absolute atomic E-state index is 11.5. The SMILES string of the molecule is CCC(CC)NC(=O)COc1cccnc1. The Hall–Kier alpha value is -1.58. The molecule has 0 radical (unpaired) electrons. The second-order valence-corrected chi connectivity index (χ2v) is 3.56. The summed E-state index contributed by atoms with van der Waals surface area (Å²) in [5, 5.41) is 2.90. The summed E-state index contributed by atoms with van der Waals surface area (Å²) in [5.41, 5.74) is 0. The topological polar surface area (TPSA) is 51.2 Å². The minimum atomic E-state index is -0.0856. The van der Waals surface area contributed by atoms with Crippen LogP contribution < -0.4 is 10.1 Å². The zero-order valence-electron chi connectivity index (χ0n) is 9.77. The third-order valence-electron chi connectivity index (χ3n) is 2.36. The number of carbonyl (C=O) groups is 1. The molecular formula is C12H18N2O2. The highest BCUT2D eigenvalue weighted by molar-refractivity contribution is 5.77. The molecule has 4 heteroatoms. The van der Waals surface area contributed by atoms with Crippen molar-refractivity contribution in [3.8, 4) is 5.75 Å². The average molecular weight is 222 g/mol. The quantitative estimate of drug-likeness (QED) is 0.798. The van der Waals surface area contributed by atoms with Gasteiger partial charge in [0.1, 0.15) is 5.75 Å². The van der Waals surface area contributed by atoms with E-state index in [4.69, 9.17) is 4.74 Å². The fourth-order valence-electron chi connectivity index (χ4n) is 1.34. The third-order valence-corrected chi connectivity index (χ3v) is 2.36. The van der Waals surface area contributed by atoms with Gasteiger partial charge in [-0.1, -0.05) is 13.8 Å². The van der Waals surface area contributed by atoms with Gasteiger partial charge in [0, 0.05) is 12.2 Å². The number of pyridine rings is 1. The van der Waals surface area contributed by atoms with Crippen LogP contribution in [0.15, 0.2) is 24.5 Å². The summed E-state index contributed by atoms with van der Waals surface area (Å²) in [6.07, 6.45) is 5.13. The van der Waals surface area contributed by atoms with Crippen LogP contribution in [0.4, 0.5) is 0 Å². The van der Waals surface area contributed by atoms with Gasteiger partial charge in [-0.2, -0.15) is 0 Å². The van der Waals surface area contributed by atoms with Gasteiger partial charge in [-0.3, -0.25) is 9.78 Å². The van der Waals surface area contributed by atoms with Crippen LogP contribution in [-0.2, 0) is 4.79 Å². The van der Waals surface area contributed by atoms with Crippen LogP contribution in [0, 0.1) is 0 Å². The molecular weight excluding hydrogens is 204 g/mol. The lowest BCUT2D eigenvalue weighted by molar-refractivity contribution is -0.123. The molecule has 1 N–H and O–H groups in total. The van der Waals surface area contributed by atoms with Crippen molar-refractivity contribution in [3.63, 3.8) is 0 Å². The van der Waals surface area contributed by atoms with E-state index in [0.29, 0.717) is 5.75 Å². The van der Waals surface area contributed by atoms with E-state index in [1.165, 1.54) is 0 Å². The summed E-state index contributed by atoms with van der Waals surface area (Å²) in [6, 6.07) is 3.79. The monoisotopic (exact) mass is 222 g/mol. The Bertz CT molecular complexity index is 310. The molecule has 0 saturated carbocycles. The van der Waals surface area contributed by atoms with Gasteiger partial charge in [-0.25, -0.2) is 0 Å². The van der Waals surface area contributed by atoms with Crippen molar-refractivity contribution in [2.75, 3.05) is 6.61 Å². The van der Waals surface area contributed by atoms with Crippen molar-refractivity contribution in [3.05, 3.63) is 24.5 Å². The predicted molar refractivity (Wildman–Crippen MR) is 62.2 cm³/mol. The summed E-state index contributed by atoms with van der Waals surface area (Å²) in [7, 11) is 0. The van der Waals surface area contributed by atoms with E-state index in [2.05, 4.69) is 24.1 Å². The van der Waals surface area contributed by atoms with Gasteiger partial charge in [-0.05, 0) is 25.0 Å². The number of amides is 1. The second-order valence-electron chi connectivity index (χ2n) is 3.56. The molecule has 1 aromatic heterocycles. The molecule has 16 heavy (non-hydrogen) atoms. The highest BCUT2D eigenvalue weighted by atomic mass is 16.5. The minimum Gasteiger partial charge on any atom is -0.482 e. The molecule has 4 nitrogen and oxygen atoms in total.